The van der Waals surface area contributed by atoms with Crippen LogP contribution in [-0.2, 0) is 9.59 Å². The van der Waals surface area contributed by atoms with Crippen LogP contribution in [0.4, 0.5) is 0 Å². The minimum Gasteiger partial charge on any atom is -0.507 e. The fourth-order valence-corrected chi connectivity index (χ4v) is 5.05. The number of aliphatic hydroxyl groups excluding tert-OH is 1. The number of ether oxygens (including phenoxy) is 2. The molecule has 1 amide bonds. The predicted octanol–water partition coefficient (Wildman–Crippen LogP) is 5.34. The quantitative estimate of drug-likeness (QED) is 0.247. The zero-order valence-electron chi connectivity index (χ0n) is 18.0. The van der Waals surface area contributed by atoms with E-state index in [0.29, 0.717) is 17.3 Å². The van der Waals surface area contributed by atoms with Crippen LogP contribution in [0.3, 0.4) is 0 Å². The first-order valence-corrected chi connectivity index (χ1v) is 11.4. The number of unbranched alkanes of at least 4 members (excludes halogenated alkanes) is 2. The van der Waals surface area contributed by atoms with Gasteiger partial charge in [-0.25, -0.2) is 0 Å². The molecule has 31 heavy (non-hydrogen) atoms. The molecular formula is C23H26ClNO5S. The summed E-state index contributed by atoms with van der Waals surface area (Å²) >= 11 is 7.65. The van der Waals surface area contributed by atoms with E-state index in [4.69, 9.17) is 21.1 Å². The van der Waals surface area contributed by atoms with E-state index in [1.165, 1.54) is 37.7 Å². The third-order valence-electron chi connectivity index (χ3n) is 5.42. The first kappa shape index (κ1) is 23.2. The van der Waals surface area contributed by atoms with Crippen LogP contribution >= 0.6 is 22.9 Å². The van der Waals surface area contributed by atoms with Crippen molar-refractivity contribution >= 4 is 40.4 Å². The lowest BCUT2D eigenvalue weighted by Crippen LogP contribution is -2.30. The second-order valence-corrected chi connectivity index (χ2v) is 8.71. The monoisotopic (exact) mass is 463 g/mol. The summed E-state index contributed by atoms with van der Waals surface area (Å²) in [6.45, 7) is 4.46. The minimum absolute atomic E-state index is 0.0507. The number of thiophene rings is 1. The average Bonchev–Trinajstić information content (AvgIpc) is 3.28. The lowest BCUT2D eigenvalue weighted by molar-refractivity contribution is -0.139. The van der Waals surface area contributed by atoms with Gasteiger partial charge in [-0.15, -0.1) is 11.3 Å². The number of nitrogens with zero attached hydrogens (tertiary/aromatic N) is 1. The van der Waals surface area contributed by atoms with Crippen LogP contribution in [-0.4, -0.2) is 42.5 Å². The Kier molecular flexibility index (Phi) is 7.28. The van der Waals surface area contributed by atoms with E-state index in [1.54, 1.807) is 4.90 Å². The number of hydrogen-bond acceptors (Lipinski definition) is 6. The Labute approximate surface area is 191 Å². The molecule has 1 N–H and O–H groups in total. The summed E-state index contributed by atoms with van der Waals surface area (Å²) in [6.07, 6.45) is 2.72. The molecule has 3 rings (SSSR count). The summed E-state index contributed by atoms with van der Waals surface area (Å²) in [7, 11) is 2.90. The average molecular weight is 464 g/mol. The molecular weight excluding hydrogens is 438 g/mol. The molecule has 0 aliphatic carbocycles. The Balaban J connectivity index is 2.21. The zero-order valence-corrected chi connectivity index (χ0v) is 19.6. The van der Waals surface area contributed by atoms with Crippen LogP contribution in [0, 0.1) is 6.92 Å². The van der Waals surface area contributed by atoms with Gasteiger partial charge in [-0.05, 0) is 36.4 Å². The molecule has 1 aliphatic rings. The number of aliphatic hydroxyl groups is 1. The van der Waals surface area contributed by atoms with Crippen molar-refractivity contribution in [2.75, 3.05) is 20.8 Å². The maximum absolute atomic E-state index is 13.1. The first-order chi connectivity index (χ1) is 14.8. The molecule has 1 atom stereocenters. The van der Waals surface area contributed by atoms with Crippen molar-refractivity contribution in [3.05, 3.63) is 50.2 Å². The Morgan fingerprint density at radius 3 is 2.48 bits per heavy atom. The van der Waals surface area contributed by atoms with E-state index < -0.39 is 17.7 Å². The molecule has 1 aliphatic heterocycles. The lowest BCUT2D eigenvalue weighted by Gasteiger charge is -2.25. The van der Waals surface area contributed by atoms with Crippen LogP contribution in [0.5, 0.6) is 11.5 Å². The number of hydrogen-bond donors (Lipinski definition) is 1. The number of methoxy groups -OCH3 is 2. The van der Waals surface area contributed by atoms with Gasteiger partial charge in [0.2, 0.25) is 0 Å². The highest BCUT2D eigenvalue weighted by Gasteiger charge is 2.47. The summed E-state index contributed by atoms with van der Waals surface area (Å²) < 4.78 is 10.7. The number of carbonyl (C=O) groups excluding carboxylic acids is 2. The molecule has 1 unspecified atom stereocenters. The molecule has 1 aromatic carbocycles. The number of aryl methyl sites for hydroxylation is 1. The van der Waals surface area contributed by atoms with Gasteiger partial charge in [0.1, 0.15) is 17.3 Å². The molecule has 0 bridgehead atoms. The molecule has 6 nitrogen and oxygen atoms in total. The molecule has 1 aromatic heterocycles. The molecule has 1 fully saturated rings. The highest BCUT2D eigenvalue weighted by atomic mass is 35.5. The van der Waals surface area contributed by atoms with Gasteiger partial charge in [-0.3, -0.25) is 9.59 Å². The molecule has 8 heteroatoms. The molecule has 2 heterocycles. The highest BCUT2D eigenvalue weighted by Crippen LogP contribution is 2.45. The van der Waals surface area contributed by atoms with Gasteiger partial charge in [-0.1, -0.05) is 31.4 Å². The van der Waals surface area contributed by atoms with Crippen molar-refractivity contribution in [1.29, 1.82) is 0 Å². The smallest absolute Gasteiger partial charge is 0.295 e. The van der Waals surface area contributed by atoms with Gasteiger partial charge in [0.15, 0.2) is 0 Å². The van der Waals surface area contributed by atoms with Gasteiger partial charge >= 0.3 is 0 Å². The summed E-state index contributed by atoms with van der Waals surface area (Å²) in [6, 6.07) is 4.32. The van der Waals surface area contributed by atoms with Gasteiger partial charge in [-0.2, -0.15) is 0 Å². The minimum atomic E-state index is -0.706. The van der Waals surface area contributed by atoms with Gasteiger partial charge in [0.25, 0.3) is 11.7 Å². The maximum atomic E-state index is 13.1. The topological polar surface area (TPSA) is 76.1 Å². The Morgan fingerprint density at radius 2 is 1.90 bits per heavy atom. The highest BCUT2D eigenvalue weighted by molar-refractivity contribution is 7.10. The van der Waals surface area contributed by atoms with Crippen LogP contribution in [0.1, 0.15) is 48.2 Å². The van der Waals surface area contributed by atoms with Crippen molar-refractivity contribution in [2.24, 2.45) is 0 Å². The van der Waals surface area contributed by atoms with Gasteiger partial charge in [0.05, 0.1) is 36.4 Å². The summed E-state index contributed by atoms with van der Waals surface area (Å²) in [5, 5.41) is 13.5. The van der Waals surface area contributed by atoms with Crippen molar-refractivity contribution < 1.29 is 24.2 Å². The number of amides is 1. The van der Waals surface area contributed by atoms with Gasteiger partial charge in [0, 0.05) is 17.5 Å². The van der Waals surface area contributed by atoms with Crippen molar-refractivity contribution in [2.45, 2.75) is 39.2 Å². The Morgan fingerprint density at radius 1 is 1.19 bits per heavy atom. The number of rotatable bonds is 8. The largest absolute Gasteiger partial charge is 0.507 e. The van der Waals surface area contributed by atoms with Crippen molar-refractivity contribution in [3.63, 3.8) is 0 Å². The molecule has 2 aromatic rings. The van der Waals surface area contributed by atoms with Crippen LogP contribution in [0.2, 0.25) is 5.02 Å². The number of carbonyl (C=O) groups is 2. The molecule has 0 spiro atoms. The van der Waals surface area contributed by atoms with Crippen LogP contribution < -0.4 is 9.47 Å². The standard InChI is InChI=1S/C23H26ClNO5S/c1-5-6-7-9-25-19(22-13(2)8-10-31-22)18(21(27)23(25)28)20(26)14-11-17(30-4)15(24)12-16(14)29-3/h8,10-12,19,26H,5-7,9H2,1-4H3/b20-18+. The summed E-state index contributed by atoms with van der Waals surface area (Å²) in [5.74, 6) is -1.01. The number of ketones is 1. The summed E-state index contributed by atoms with van der Waals surface area (Å²) in [4.78, 5) is 28.5. The molecule has 1 saturated heterocycles. The fourth-order valence-electron chi connectivity index (χ4n) is 3.77. The van der Waals surface area contributed by atoms with Crippen LogP contribution in [0.25, 0.3) is 5.76 Å². The van der Waals surface area contributed by atoms with E-state index >= 15 is 0 Å². The second-order valence-electron chi connectivity index (χ2n) is 7.35. The molecule has 0 radical (unpaired) electrons. The van der Waals surface area contributed by atoms with E-state index in [9.17, 15) is 14.7 Å². The number of benzene rings is 1. The SMILES string of the molecule is CCCCCN1C(=O)C(=O)/C(=C(/O)c2cc(OC)c(Cl)cc2OC)C1c1sccc1C. The van der Waals surface area contributed by atoms with Crippen molar-refractivity contribution in [1.82, 2.24) is 4.90 Å². The molecule has 0 saturated carbocycles. The van der Waals surface area contributed by atoms with Crippen LogP contribution in [0.15, 0.2) is 29.2 Å². The van der Waals surface area contributed by atoms with E-state index in [2.05, 4.69) is 6.92 Å². The fraction of sp³-hybridized carbons (Fsp3) is 0.391. The Hall–Kier alpha value is -2.51. The number of Topliss-reactive ketones (excluding diaryl/α,β-unsaturated/α-hetero) is 1. The van der Waals surface area contributed by atoms with E-state index in [1.807, 2.05) is 18.4 Å². The predicted molar refractivity (Wildman–Crippen MR) is 122 cm³/mol. The van der Waals surface area contributed by atoms with E-state index in [0.717, 1.165) is 29.7 Å². The second kappa shape index (κ2) is 9.75. The maximum Gasteiger partial charge on any atom is 0.295 e. The summed E-state index contributed by atoms with van der Waals surface area (Å²) in [5.41, 5.74) is 1.26. The number of likely N-dealkylation sites (tertiary alicyclic amines) is 1. The normalized spacial score (nSPS) is 18.0. The zero-order chi connectivity index (χ0) is 22.7. The van der Waals surface area contributed by atoms with E-state index in [-0.39, 0.29) is 22.6 Å². The first-order valence-electron chi connectivity index (χ1n) is 10.1. The van der Waals surface area contributed by atoms with Crippen molar-refractivity contribution in [3.8, 4) is 11.5 Å². The molecule has 166 valence electrons. The van der Waals surface area contributed by atoms with Gasteiger partial charge < -0.3 is 19.5 Å². The lowest BCUT2D eigenvalue weighted by atomic mass is 9.97. The Bertz CT molecular complexity index is 1030. The number of halogens is 1. The third kappa shape index (κ3) is 4.29. The third-order valence-corrected chi connectivity index (χ3v) is 6.79.